The van der Waals surface area contributed by atoms with Crippen LogP contribution >= 0.6 is 11.8 Å². The molecule has 2 aromatic rings. The lowest BCUT2D eigenvalue weighted by molar-refractivity contribution is -0.146. The maximum Gasteiger partial charge on any atom is 0.414 e. The number of ether oxygens (including phenoxy) is 1. The van der Waals surface area contributed by atoms with Crippen molar-refractivity contribution in [3.05, 3.63) is 54.2 Å². The van der Waals surface area contributed by atoms with Crippen LogP contribution in [0.25, 0.3) is 0 Å². The second-order valence-electron chi connectivity index (χ2n) is 8.99. The topological polar surface area (TPSA) is 146 Å². The predicted octanol–water partition coefficient (Wildman–Crippen LogP) is 1.80. The molecule has 0 spiro atoms. The van der Waals surface area contributed by atoms with Crippen molar-refractivity contribution in [2.24, 2.45) is 0 Å². The van der Waals surface area contributed by atoms with Gasteiger partial charge in [-0.05, 0) is 43.7 Å². The zero-order valence-electron chi connectivity index (χ0n) is 20.2. The lowest BCUT2D eigenvalue weighted by atomic mass is 10.1. The summed E-state index contributed by atoms with van der Waals surface area (Å²) in [6.07, 6.45) is 0.356. The summed E-state index contributed by atoms with van der Waals surface area (Å²) >= 11 is 1.21. The molecule has 1 fully saturated rings. The first-order valence-corrected chi connectivity index (χ1v) is 13.4. The quantitative estimate of drug-likeness (QED) is 0.512. The number of aliphatic carboxylic acids is 1. The summed E-state index contributed by atoms with van der Waals surface area (Å²) in [5.41, 5.74) is -0.0160. The Kier molecular flexibility index (Phi) is 8.26. The lowest BCUT2D eigenvalue weighted by Crippen LogP contribution is -2.55. The average Bonchev–Trinajstić information content (AvgIpc) is 3.19. The third kappa shape index (κ3) is 6.33. The number of nitrogens with zero attached hydrogens (tertiary/aromatic N) is 3. The van der Waals surface area contributed by atoms with E-state index in [1.807, 2.05) is 13.8 Å². The predicted molar refractivity (Wildman–Crippen MR) is 133 cm³/mol. The van der Waals surface area contributed by atoms with Crippen LogP contribution in [0.15, 0.2) is 53.7 Å². The number of amides is 2. The van der Waals surface area contributed by atoms with Gasteiger partial charge in [0.15, 0.2) is 5.03 Å². The van der Waals surface area contributed by atoms with E-state index in [0.717, 1.165) is 0 Å². The van der Waals surface area contributed by atoms with E-state index in [1.54, 1.807) is 0 Å². The number of nitrogens with one attached hydrogen (secondary N) is 1. The number of carbonyl (C=O) groups is 3. The van der Waals surface area contributed by atoms with Crippen LogP contribution in [0.2, 0.25) is 0 Å². The molecule has 0 unspecified atom stereocenters. The van der Waals surface area contributed by atoms with Gasteiger partial charge in [0.2, 0.25) is 0 Å². The van der Waals surface area contributed by atoms with Crippen molar-refractivity contribution >= 4 is 39.8 Å². The molecule has 36 heavy (non-hydrogen) atoms. The lowest BCUT2D eigenvalue weighted by Gasteiger charge is -2.30. The molecule has 11 nitrogen and oxygen atoms in total. The zero-order chi connectivity index (χ0) is 26.7. The van der Waals surface area contributed by atoms with Gasteiger partial charge in [0.05, 0.1) is 0 Å². The van der Waals surface area contributed by atoms with E-state index in [4.69, 9.17) is 4.74 Å². The third-order valence-electron chi connectivity index (χ3n) is 5.23. The Morgan fingerprint density at radius 1 is 1.19 bits per heavy atom. The molecule has 0 aliphatic carbocycles. The van der Waals surface area contributed by atoms with Gasteiger partial charge in [0.25, 0.3) is 15.9 Å². The highest BCUT2D eigenvalue weighted by Gasteiger charge is 2.46. The fraction of sp³-hybridized carbons (Fsp3) is 0.391. The van der Waals surface area contributed by atoms with Gasteiger partial charge in [-0.1, -0.05) is 18.2 Å². The van der Waals surface area contributed by atoms with Crippen LogP contribution in [0.5, 0.6) is 5.75 Å². The Morgan fingerprint density at radius 2 is 1.86 bits per heavy atom. The first-order chi connectivity index (χ1) is 16.8. The first-order valence-electron chi connectivity index (χ1n) is 10.9. The van der Waals surface area contributed by atoms with Gasteiger partial charge in [-0.2, -0.15) is 8.42 Å². The Labute approximate surface area is 213 Å². The normalized spacial score (nSPS) is 17.7. The maximum atomic E-state index is 13.5. The molecular formula is C23H28N4O7S2. The van der Waals surface area contributed by atoms with Crippen LogP contribution in [0.4, 0.5) is 4.79 Å². The average molecular weight is 537 g/mol. The molecule has 1 saturated heterocycles. The van der Waals surface area contributed by atoms with Crippen molar-refractivity contribution < 1.29 is 32.6 Å². The van der Waals surface area contributed by atoms with Crippen LogP contribution in [0.1, 0.15) is 19.4 Å². The highest BCUT2D eigenvalue weighted by molar-refractivity contribution is 8.01. The molecular weight excluding hydrogens is 508 g/mol. The molecule has 2 heterocycles. The van der Waals surface area contributed by atoms with E-state index in [2.05, 4.69) is 10.3 Å². The van der Waals surface area contributed by atoms with Crippen LogP contribution < -0.4 is 10.1 Å². The van der Waals surface area contributed by atoms with Gasteiger partial charge >= 0.3 is 12.1 Å². The van der Waals surface area contributed by atoms with E-state index in [-0.39, 0.29) is 12.2 Å². The van der Waals surface area contributed by atoms with Gasteiger partial charge in [-0.15, -0.1) is 11.8 Å². The van der Waals surface area contributed by atoms with Crippen molar-refractivity contribution in [3.63, 3.8) is 0 Å². The van der Waals surface area contributed by atoms with Crippen LogP contribution in [0.3, 0.4) is 0 Å². The molecule has 1 aromatic heterocycles. The number of pyridine rings is 1. The van der Waals surface area contributed by atoms with Gasteiger partial charge in [-0.3, -0.25) is 10.1 Å². The fourth-order valence-corrected chi connectivity index (χ4v) is 6.28. The van der Waals surface area contributed by atoms with E-state index < -0.39 is 50.0 Å². The molecule has 0 radical (unpaired) electrons. The molecule has 0 saturated carbocycles. The number of hydrogen-bond acceptors (Lipinski definition) is 9. The van der Waals surface area contributed by atoms with E-state index in [1.165, 1.54) is 79.4 Å². The Hall–Kier alpha value is -3.16. The Balaban J connectivity index is 1.97. The van der Waals surface area contributed by atoms with Crippen LogP contribution in [-0.4, -0.2) is 82.5 Å². The van der Waals surface area contributed by atoms with Gasteiger partial charge in [0.1, 0.15) is 17.2 Å². The van der Waals surface area contributed by atoms with Crippen LogP contribution in [-0.2, 0) is 26.0 Å². The summed E-state index contributed by atoms with van der Waals surface area (Å²) in [6, 6.07) is 8.37. The van der Waals surface area contributed by atoms with Crippen molar-refractivity contribution in [1.82, 2.24) is 19.5 Å². The second-order valence-corrected chi connectivity index (χ2v) is 11.8. The van der Waals surface area contributed by atoms with E-state index >= 15 is 0 Å². The minimum atomic E-state index is -4.61. The van der Waals surface area contributed by atoms with Crippen molar-refractivity contribution in [3.8, 4) is 5.75 Å². The number of carbonyl (C=O) groups excluding carboxylic acids is 2. The maximum absolute atomic E-state index is 13.5. The molecule has 1 aromatic carbocycles. The largest absolute Gasteiger partial charge is 0.480 e. The van der Waals surface area contributed by atoms with Crippen molar-refractivity contribution in [2.75, 3.05) is 19.8 Å². The SMILES string of the molecule is CN(C)C(=O)Oc1ccc(C[C@@H](C(=O)O)N(C(=O)[C@H]2NC(C)(C)CS2)S(=O)(=O)c2ccccn2)cc1. The Morgan fingerprint density at radius 3 is 2.36 bits per heavy atom. The number of sulfonamides is 1. The molecule has 194 valence electrons. The highest BCUT2D eigenvalue weighted by atomic mass is 32.2. The van der Waals surface area contributed by atoms with E-state index in [9.17, 15) is 27.9 Å². The summed E-state index contributed by atoms with van der Waals surface area (Å²) in [7, 11) is -1.55. The van der Waals surface area contributed by atoms with E-state index in [0.29, 0.717) is 15.6 Å². The second kappa shape index (κ2) is 10.8. The standard InChI is InChI=1S/C23H28N4O7S2/c1-23(2)14-35-19(25-23)20(28)27(36(32,33)18-7-5-6-12-24-18)17(21(29)30)13-15-8-10-16(11-9-15)34-22(31)26(3)4/h5-12,17,19,25H,13-14H2,1-4H3,(H,29,30)/t17-,19-/m0/s1. The monoisotopic (exact) mass is 536 g/mol. The smallest absolute Gasteiger partial charge is 0.414 e. The number of rotatable bonds is 8. The summed E-state index contributed by atoms with van der Waals surface area (Å²) in [5.74, 6) is -1.62. The number of carboxylic acid groups (broad SMARTS) is 1. The summed E-state index contributed by atoms with van der Waals surface area (Å²) in [6.45, 7) is 3.73. The van der Waals surface area contributed by atoms with Crippen molar-refractivity contribution in [1.29, 1.82) is 0 Å². The molecule has 2 N–H and O–H groups in total. The molecule has 0 bridgehead atoms. The molecule has 13 heteroatoms. The van der Waals surface area contributed by atoms with Gasteiger partial charge < -0.3 is 14.7 Å². The van der Waals surface area contributed by atoms with Crippen LogP contribution in [0, 0.1) is 0 Å². The van der Waals surface area contributed by atoms with Gasteiger partial charge in [0, 0.05) is 38.0 Å². The van der Waals surface area contributed by atoms with Crippen molar-refractivity contribution in [2.45, 2.75) is 42.2 Å². The fourth-order valence-electron chi connectivity index (χ4n) is 3.40. The minimum Gasteiger partial charge on any atom is -0.480 e. The highest BCUT2D eigenvalue weighted by Crippen LogP contribution is 2.30. The summed E-state index contributed by atoms with van der Waals surface area (Å²) in [5, 5.41) is 11.7. The number of hydrogen-bond donors (Lipinski definition) is 2. The summed E-state index contributed by atoms with van der Waals surface area (Å²) in [4.78, 5) is 42.8. The molecule has 2 amide bonds. The van der Waals surface area contributed by atoms with Gasteiger partial charge in [-0.25, -0.2) is 18.9 Å². The minimum absolute atomic E-state index is 0.229. The third-order valence-corrected chi connectivity index (χ3v) is 8.49. The zero-order valence-corrected chi connectivity index (χ0v) is 21.9. The first kappa shape index (κ1) is 27.4. The number of aromatic nitrogens is 1. The summed E-state index contributed by atoms with van der Waals surface area (Å²) < 4.78 is 32.7. The number of carboxylic acids is 1. The molecule has 2 atom stereocenters. The molecule has 3 rings (SSSR count). The number of benzene rings is 1. The molecule has 1 aliphatic rings. The number of thioether (sulfide) groups is 1. The molecule has 1 aliphatic heterocycles. The Bertz CT molecular complexity index is 1220.